The highest BCUT2D eigenvalue weighted by Gasteiger charge is 2.18. The maximum Gasteiger partial charge on any atom is 0.124 e. The van der Waals surface area contributed by atoms with Gasteiger partial charge in [-0.05, 0) is 38.3 Å². The Hall–Kier alpha value is -1.06. The van der Waals surface area contributed by atoms with Crippen molar-refractivity contribution in [3.8, 4) is 5.75 Å². The fourth-order valence-electron chi connectivity index (χ4n) is 2.37. The maximum absolute atomic E-state index is 9.57. The largest absolute Gasteiger partial charge is 0.493 e. The minimum absolute atomic E-state index is 0.185. The van der Waals surface area contributed by atoms with Crippen LogP contribution in [0.3, 0.4) is 0 Å². The number of aliphatic hydroxyl groups excluding tert-OH is 1. The average molecular weight is 249 g/mol. The smallest absolute Gasteiger partial charge is 0.124 e. The molecular formula is C15H23NO2. The fraction of sp³-hybridized carbons (Fsp3) is 0.600. The second kappa shape index (κ2) is 6.76. The first kappa shape index (κ1) is 13.4. The minimum Gasteiger partial charge on any atom is -0.493 e. The fourth-order valence-corrected chi connectivity index (χ4v) is 2.37. The van der Waals surface area contributed by atoms with Gasteiger partial charge in [-0.15, -0.1) is 0 Å². The van der Waals surface area contributed by atoms with E-state index in [4.69, 9.17) is 4.74 Å². The van der Waals surface area contributed by atoms with Gasteiger partial charge in [-0.2, -0.15) is 0 Å². The number of ether oxygens (including phenoxy) is 1. The Morgan fingerprint density at radius 2 is 2.28 bits per heavy atom. The summed E-state index contributed by atoms with van der Waals surface area (Å²) in [5, 5.41) is 13.1. The van der Waals surface area contributed by atoms with E-state index in [0.29, 0.717) is 6.04 Å². The molecule has 3 heteroatoms. The Morgan fingerprint density at radius 1 is 1.44 bits per heavy atom. The summed E-state index contributed by atoms with van der Waals surface area (Å²) in [7, 11) is 0. The van der Waals surface area contributed by atoms with Gasteiger partial charge in [-0.3, -0.25) is 0 Å². The summed E-state index contributed by atoms with van der Waals surface area (Å²) in [4.78, 5) is 0. The van der Waals surface area contributed by atoms with Crippen LogP contribution in [0.4, 0.5) is 0 Å². The van der Waals surface area contributed by atoms with Crippen LogP contribution in [0, 0.1) is 0 Å². The highest BCUT2D eigenvalue weighted by Crippen LogP contribution is 2.30. The van der Waals surface area contributed by atoms with Gasteiger partial charge in [-0.1, -0.05) is 25.1 Å². The Labute approximate surface area is 109 Å². The summed E-state index contributed by atoms with van der Waals surface area (Å²) < 4.78 is 5.74. The molecule has 1 aliphatic rings. The average Bonchev–Trinajstić information content (AvgIpc) is 2.61. The number of aliphatic hydroxyl groups is 1. The molecule has 1 aromatic rings. The molecule has 0 aromatic heterocycles. The first-order chi connectivity index (χ1) is 8.81. The molecule has 0 saturated heterocycles. The predicted molar refractivity (Wildman–Crippen MR) is 72.8 cm³/mol. The van der Waals surface area contributed by atoms with Gasteiger partial charge in [-0.25, -0.2) is 0 Å². The topological polar surface area (TPSA) is 41.5 Å². The van der Waals surface area contributed by atoms with Crippen LogP contribution >= 0.6 is 0 Å². The Balaban J connectivity index is 1.95. The first-order valence-corrected chi connectivity index (χ1v) is 6.94. The van der Waals surface area contributed by atoms with Crippen LogP contribution < -0.4 is 10.1 Å². The number of rotatable bonds is 5. The first-order valence-electron chi connectivity index (χ1n) is 6.94. The van der Waals surface area contributed by atoms with Gasteiger partial charge in [0.25, 0.3) is 0 Å². The molecule has 0 fully saturated rings. The molecule has 2 atom stereocenters. The van der Waals surface area contributed by atoms with Crippen molar-refractivity contribution in [3.63, 3.8) is 0 Å². The van der Waals surface area contributed by atoms with Crippen LogP contribution in [0.1, 0.15) is 44.2 Å². The summed E-state index contributed by atoms with van der Waals surface area (Å²) in [6, 6.07) is 8.60. The summed E-state index contributed by atoms with van der Waals surface area (Å²) in [6.07, 6.45) is 3.62. The summed E-state index contributed by atoms with van der Waals surface area (Å²) >= 11 is 0. The van der Waals surface area contributed by atoms with Crippen LogP contribution in [-0.2, 0) is 0 Å². The number of nitrogens with one attached hydrogen (secondary N) is 1. The monoisotopic (exact) mass is 249 g/mol. The van der Waals surface area contributed by atoms with Crippen LogP contribution in [0.2, 0.25) is 0 Å². The molecule has 0 spiro atoms. The third-order valence-corrected chi connectivity index (χ3v) is 3.53. The molecule has 2 unspecified atom stereocenters. The van der Waals surface area contributed by atoms with Crippen LogP contribution in [0.25, 0.3) is 0 Å². The van der Waals surface area contributed by atoms with Crippen molar-refractivity contribution in [2.24, 2.45) is 0 Å². The van der Waals surface area contributed by atoms with E-state index < -0.39 is 0 Å². The van der Waals surface area contributed by atoms with Gasteiger partial charge in [0.2, 0.25) is 0 Å². The van der Waals surface area contributed by atoms with E-state index in [1.807, 2.05) is 19.1 Å². The third kappa shape index (κ3) is 3.47. The zero-order valence-electron chi connectivity index (χ0n) is 11.1. The van der Waals surface area contributed by atoms with Crippen LogP contribution in [0.15, 0.2) is 24.3 Å². The zero-order valence-corrected chi connectivity index (χ0v) is 11.1. The van der Waals surface area contributed by atoms with Crippen molar-refractivity contribution in [3.05, 3.63) is 29.8 Å². The molecule has 18 heavy (non-hydrogen) atoms. The summed E-state index contributed by atoms with van der Waals surface area (Å²) in [5.41, 5.74) is 1.25. The molecule has 100 valence electrons. The number of para-hydroxylation sites is 1. The second-order valence-corrected chi connectivity index (χ2v) is 4.89. The number of fused-ring (bicyclic) bond motifs is 1. The highest BCUT2D eigenvalue weighted by atomic mass is 16.5. The van der Waals surface area contributed by atoms with Crippen LogP contribution in [-0.4, -0.2) is 24.4 Å². The zero-order chi connectivity index (χ0) is 12.8. The van der Waals surface area contributed by atoms with Crippen molar-refractivity contribution >= 4 is 0 Å². The molecule has 0 bridgehead atoms. The molecule has 2 rings (SSSR count). The highest BCUT2D eigenvalue weighted by molar-refractivity contribution is 5.36. The molecule has 1 aliphatic heterocycles. The molecular weight excluding hydrogens is 226 g/mol. The lowest BCUT2D eigenvalue weighted by molar-refractivity contribution is 0.158. The van der Waals surface area contributed by atoms with Crippen molar-refractivity contribution < 1.29 is 9.84 Å². The standard InChI is InChI=1S/C15H23NO2/c1-2-12(17)9-10-16-14-7-5-11-18-15-8-4-3-6-13(14)15/h3-4,6,8,12,14,16-17H,2,5,7,9-11H2,1H3. The van der Waals surface area contributed by atoms with E-state index in [1.165, 1.54) is 5.56 Å². The van der Waals surface area contributed by atoms with E-state index in [9.17, 15) is 5.11 Å². The predicted octanol–water partition coefficient (Wildman–Crippen LogP) is 2.65. The SMILES string of the molecule is CCC(O)CCNC1CCCOc2ccccc21. The van der Waals surface area contributed by atoms with Gasteiger partial charge < -0.3 is 15.2 Å². The lowest BCUT2D eigenvalue weighted by Gasteiger charge is -2.19. The van der Waals surface area contributed by atoms with E-state index in [1.54, 1.807) is 0 Å². The molecule has 0 aliphatic carbocycles. The summed E-state index contributed by atoms with van der Waals surface area (Å²) in [5.74, 6) is 1.00. The molecule has 0 amide bonds. The maximum atomic E-state index is 9.57. The van der Waals surface area contributed by atoms with Gasteiger partial charge in [0.15, 0.2) is 0 Å². The Kier molecular flexibility index (Phi) is 5.02. The second-order valence-electron chi connectivity index (χ2n) is 4.89. The van der Waals surface area contributed by atoms with E-state index in [-0.39, 0.29) is 6.10 Å². The number of benzene rings is 1. The minimum atomic E-state index is -0.185. The van der Waals surface area contributed by atoms with Crippen molar-refractivity contribution in [2.75, 3.05) is 13.2 Å². The lowest BCUT2D eigenvalue weighted by Crippen LogP contribution is -2.25. The third-order valence-electron chi connectivity index (χ3n) is 3.53. The van der Waals surface area contributed by atoms with Crippen molar-refractivity contribution in [2.45, 2.75) is 44.8 Å². The number of hydrogen-bond donors (Lipinski definition) is 2. The molecule has 2 N–H and O–H groups in total. The molecule has 1 aromatic carbocycles. The molecule has 0 saturated carbocycles. The quantitative estimate of drug-likeness (QED) is 0.843. The van der Waals surface area contributed by atoms with Crippen molar-refractivity contribution in [1.29, 1.82) is 0 Å². The lowest BCUT2D eigenvalue weighted by atomic mass is 10.0. The van der Waals surface area contributed by atoms with E-state index in [0.717, 1.165) is 44.6 Å². The van der Waals surface area contributed by atoms with E-state index >= 15 is 0 Å². The molecule has 1 heterocycles. The molecule has 0 radical (unpaired) electrons. The Morgan fingerprint density at radius 3 is 3.11 bits per heavy atom. The van der Waals surface area contributed by atoms with E-state index in [2.05, 4.69) is 17.4 Å². The van der Waals surface area contributed by atoms with Crippen LogP contribution in [0.5, 0.6) is 5.75 Å². The molecule has 3 nitrogen and oxygen atoms in total. The summed E-state index contributed by atoms with van der Waals surface area (Å²) in [6.45, 7) is 3.67. The van der Waals surface area contributed by atoms with Crippen molar-refractivity contribution in [1.82, 2.24) is 5.32 Å². The van der Waals surface area contributed by atoms with Gasteiger partial charge in [0.05, 0.1) is 12.7 Å². The normalized spacial score (nSPS) is 20.7. The Bertz CT molecular complexity index is 367. The van der Waals surface area contributed by atoms with Gasteiger partial charge in [0.1, 0.15) is 5.75 Å². The number of hydrogen-bond acceptors (Lipinski definition) is 3. The van der Waals surface area contributed by atoms with Gasteiger partial charge in [0, 0.05) is 11.6 Å². The van der Waals surface area contributed by atoms with Gasteiger partial charge >= 0.3 is 0 Å².